The maximum atomic E-state index is 9.32. The summed E-state index contributed by atoms with van der Waals surface area (Å²) in [5, 5.41) is 12.9. The van der Waals surface area contributed by atoms with Gasteiger partial charge in [-0.1, -0.05) is 13.8 Å². The van der Waals surface area contributed by atoms with Gasteiger partial charge in [0.05, 0.1) is 25.2 Å². The van der Waals surface area contributed by atoms with E-state index >= 15 is 0 Å². The minimum Gasteiger partial charge on any atom is -0.396 e. The number of hydrogen-bond acceptors (Lipinski definition) is 3. The van der Waals surface area contributed by atoms with Crippen LogP contribution in [0.25, 0.3) is 0 Å². The zero-order valence-corrected chi connectivity index (χ0v) is 11.3. The SMILES string of the molecule is CC1(C)CCC(CNCC2(CO)COC2)CC1. The predicted molar refractivity (Wildman–Crippen MR) is 68.9 cm³/mol. The molecule has 0 aromatic carbocycles. The average Bonchev–Trinajstić information content (AvgIpc) is 2.24. The van der Waals surface area contributed by atoms with Gasteiger partial charge in [-0.15, -0.1) is 0 Å². The number of nitrogens with one attached hydrogen (secondary N) is 1. The van der Waals surface area contributed by atoms with Gasteiger partial charge in [0.25, 0.3) is 0 Å². The van der Waals surface area contributed by atoms with E-state index in [0.717, 1.165) is 19.0 Å². The third-order valence-electron chi connectivity index (χ3n) is 4.54. The number of aliphatic hydroxyl groups excluding tert-OH is 1. The third kappa shape index (κ3) is 3.43. The molecule has 0 aromatic heterocycles. The smallest absolute Gasteiger partial charge is 0.0579 e. The van der Waals surface area contributed by atoms with Crippen LogP contribution in [0.2, 0.25) is 0 Å². The minimum absolute atomic E-state index is 0.0218. The molecule has 0 radical (unpaired) electrons. The van der Waals surface area contributed by atoms with Gasteiger partial charge in [-0.05, 0) is 43.6 Å². The first-order valence-electron chi connectivity index (χ1n) is 6.95. The Balaban J connectivity index is 1.63. The van der Waals surface area contributed by atoms with Gasteiger partial charge in [-0.25, -0.2) is 0 Å². The van der Waals surface area contributed by atoms with Crippen LogP contribution in [0.5, 0.6) is 0 Å². The lowest BCUT2D eigenvalue weighted by Gasteiger charge is -2.41. The highest BCUT2D eigenvalue weighted by molar-refractivity contribution is 4.88. The summed E-state index contributed by atoms with van der Waals surface area (Å²) in [4.78, 5) is 0. The molecule has 0 atom stereocenters. The van der Waals surface area contributed by atoms with Crippen molar-refractivity contribution in [3.63, 3.8) is 0 Å². The fraction of sp³-hybridized carbons (Fsp3) is 1.00. The summed E-state index contributed by atoms with van der Waals surface area (Å²) >= 11 is 0. The highest BCUT2D eigenvalue weighted by Gasteiger charge is 2.37. The lowest BCUT2D eigenvalue weighted by Crippen LogP contribution is -2.52. The van der Waals surface area contributed by atoms with Gasteiger partial charge >= 0.3 is 0 Å². The molecular weight excluding hydrogens is 214 g/mol. The summed E-state index contributed by atoms with van der Waals surface area (Å²) in [6.45, 7) is 8.45. The fourth-order valence-corrected chi connectivity index (χ4v) is 2.84. The van der Waals surface area contributed by atoms with E-state index < -0.39 is 0 Å². The van der Waals surface area contributed by atoms with E-state index in [1.807, 2.05) is 0 Å². The first kappa shape index (κ1) is 13.3. The largest absolute Gasteiger partial charge is 0.396 e. The van der Waals surface area contributed by atoms with E-state index in [1.54, 1.807) is 0 Å². The van der Waals surface area contributed by atoms with E-state index in [9.17, 15) is 5.11 Å². The Bertz CT molecular complexity index is 233. The first-order chi connectivity index (χ1) is 8.05. The Kier molecular flexibility index (Phi) is 4.11. The van der Waals surface area contributed by atoms with Gasteiger partial charge in [0, 0.05) is 6.54 Å². The van der Waals surface area contributed by atoms with Crippen molar-refractivity contribution in [3.8, 4) is 0 Å². The summed E-state index contributed by atoms with van der Waals surface area (Å²) in [5.74, 6) is 0.833. The first-order valence-corrected chi connectivity index (χ1v) is 6.95. The molecule has 1 aliphatic heterocycles. The molecule has 1 saturated heterocycles. The minimum atomic E-state index is 0.0218. The van der Waals surface area contributed by atoms with Crippen LogP contribution in [-0.4, -0.2) is 38.0 Å². The van der Waals surface area contributed by atoms with Crippen LogP contribution < -0.4 is 5.32 Å². The van der Waals surface area contributed by atoms with Gasteiger partial charge < -0.3 is 15.2 Å². The zero-order chi connectivity index (χ0) is 12.4. The normalized spacial score (nSPS) is 27.7. The van der Waals surface area contributed by atoms with E-state index in [4.69, 9.17) is 4.74 Å². The molecule has 1 heterocycles. The van der Waals surface area contributed by atoms with Crippen LogP contribution in [0.15, 0.2) is 0 Å². The molecule has 1 aliphatic carbocycles. The molecule has 2 N–H and O–H groups in total. The van der Waals surface area contributed by atoms with E-state index in [-0.39, 0.29) is 12.0 Å². The van der Waals surface area contributed by atoms with Crippen LogP contribution in [0.4, 0.5) is 0 Å². The molecule has 0 aromatic rings. The van der Waals surface area contributed by atoms with Crippen molar-refractivity contribution in [2.24, 2.45) is 16.7 Å². The van der Waals surface area contributed by atoms with Crippen molar-refractivity contribution in [2.45, 2.75) is 39.5 Å². The molecule has 2 rings (SSSR count). The second-order valence-electron chi connectivity index (χ2n) is 6.89. The molecule has 0 bridgehead atoms. The lowest BCUT2D eigenvalue weighted by molar-refractivity contribution is -0.134. The number of ether oxygens (including phenoxy) is 1. The molecular formula is C14H27NO2. The standard InChI is InChI=1S/C14H27NO2/c1-13(2)5-3-12(4-6-13)7-15-8-14(9-16)10-17-11-14/h12,15-16H,3-11H2,1-2H3. The van der Waals surface area contributed by atoms with E-state index in [2.05, 4.69) is 19.2 Å². The van der Waals surface area contributed by atoms with Crippen molar-refractivity contribution >= 4 is 0 Å². The van der Waals surface area contributed by atoms with Crippen LogP contribution >= 0.6 is 0 Å². The average molecular weight is 241 g/mol. The number of aliphatic hydroxyl groups is 1. The molecule has 100 valence electrons. The monoisotopic (exact) mass is 241 g/mol. The van der Waals surface area contributed by atoms with Gasteiger partial charge in [0.15, 0.2) is 0 Å². The van der Waals surface area contributed by atoms with Crippen molar-refractivity contribution in [3.05, 3.63) is 0 Å². The van der Waals surface area contributed by atoms with Crippen molar-refractivity contribution in [1.29, 1.82) is 0 Å². The molecule has 3 heteroatoms. The molecule has 2 aliphatic rings. The molecule has 0 amide bonds. The zero-order valence-electron chi connectivity index (χ0n) is 11.3. The molecule has 0 unspecified atom stereocenters. The van der Waals surface area contributed by atoms with Gasteiger partial charge in [0.1, 0.15) is 0 Å². The van der Waals surface area contributed by atoms with Gasteiger partial charge in [-0.3, -0.25) is 0 Å². The lowest BCUT2D eigenvalue weighted by atomic mass is 9.73. The molecule has 0 spiro atoms. The maximum Gasteiger partial charge on any atom is 0.0579 e. The van der Waals surface area contributed by atoms with Crippen LogP contribution in [0, 0.1) is 16.7 Å². The quantitative estimate of drug-likeness (QED) is 0.771. The van der Waals surface area contributed by atoms with E-state index in [1.165, 1.54) is 25.7 Å². The fourth-order valence-electron chi connectivity index (χ4n) is 2.84. The van der Waals surface area contributed by atoms with Gasteiger partial charge in [0.2, 0.25) is 0 Å². The Morgan fingerprint density at radius 2 is 1.88 bits per heavy atom. The number of hydrogen-bond donors (Lipinski definition) is 2. The molecule has 3 nitrogen and oxygen atoms in total. The second kappa shape index (κ2) is 5.25. The van der Waals surface area contributed by atoms with Crippen LogP contribution in [0.1, 0.15) is 39.5 Å². The third-order valence-corrected chi connectivity index (χ3v) is 4.54. The molecule has 2 fully saturated rings. The second-order valence-corrected chi connectivity index (χ2v) is 6.89. The van der Waals surface area contributed by atoms with Gasteiger partial charge in [-0.2, -0.15) is 0 Å². The highest BCUT2D eigenvalue weighted by atomic mass is 16.5. The number of rotatable bonds is 5. The summed E-state index contributed by atoms with van der Waals surface area (Å²) in [7, 11) is 0. The van der Waals surface area contributed by atoms with E-state index in [0.29, 0.717) is 18.6 Å². The molecule has 1 saturated carbocycles. The predicted octanol–water partition coefficient (Wildman–Crippen LogP) is 1.80. The molecule has 17 heavy (non-hydrogen) atoms. The maximum absolute atomic E-state index is 9.32. The Morgan fingerprint density at radius 3 is 2.35 bits per heavy atom. The topological polar surface area (TPSA) is 41.5 Å². The Morgan fingerprint density at radius 1 is 1.24 bits per heavy atom. The summed E-state index contributed by atoms with van der Waals surface area (Å²) in [6, 6.07) is 0. The Hall–Kier alpha value is -0.120. The summed E-state index contributed by atoms with van der Waals surface area (Å²) in [5.41, 5.74) is 0.582. The highest BCUT2D eigenvalue weighted by Crippen LogP contribution is 2.37. The Labute approximate surface area is 105 Å². The summed E-state index contributed by atoms with van der Waals surface area (Å²) in [6.07, 6.45) is 5.41. The van der Waals surface area contributed by atoms with Crippen molar-refractivity contribution < 1.29 is 9.84 Å². The van der Waals surface area contributed by atoms with Crippen molar-refractivity contribution in [1.82, 2.24) is 5.32 Å². The van der Waals surface area contributed by atoms with Crippen molar-refractivity contribution in [2.75, 3.05) is 32.9 Å². The van der Waals surface area contributed by atoms with Crippen LogP contribution in [0.3, 0.4) is 0 Å². The summed E-state index contributed by atoms with van der Waals surface area (Å²) < 4.78 is 5.20. The van der Waals surface area contributed by atoms with Crippen LogP contribution in [-0.2, 0) is 4.74 Å².